The molecule has 5 heteroatoms. The average molecular weight is 395 g/mol. The standard InChI is InChI=1S/C23H23ClN2O2/c1-16-7-2-3-8-18(16)23(28)19-12-11-17(15-20(19)24)26-22-10-5-4-9-21(22)25-13-6-14-27/h2-5,7-12,15,25-27H,6,13-14H2,1H3. The van der Waals surface area contributed by atoms with Crippen LogP contribution < -0.4 is 10.6 Å². The van der Waals surface area contributed by atoms with E-state index in [9.17, 15) is 4.79 Å². The van der Waals surface area contributed by atoms with Gasteiger partial charge in [0.25, 0.3) is 0 Å². The zero-order valence-electron chi connectivity index (χ0n) is 15.7. The van der Waals surface area contributed by atoms with E-state index in [0.717, 1.165) is 22.6 Å². The van der Waals surface area contributed by atoms with E-state index in [1.807, 2.05) is 61.5 Å². The van der Waals surface area contributed by atoms with Crippen molar-refractivity contribution in [2.24, 2.45) is 0 Å². The summed E-state index contributed by atoms with van der Waals surface area (Å²) in [6.45, 7) is 2.74. The first-order chi connectivity index (χ1) is 13.6. The molecule has 0 saturated heterocycles. The van der Waals surface area contributed by atoms with Gasteiger partial charge in [0.15, 0.2) is 5.78 Å². The maximum atomic E-state index is 12.8. The number of aryl methyl sites for hydroxylation is 1. The summed E-state index contributed by atoms with van der Waals surface area (Å²) in [5.74, 6) is -0.0827. The summed E-state index contributed by atoms with van der Waals surface area (Å²) < 4.78 is 0. The molecule has 0 aliphatic heterocycles. The van der Waals surface area contributed by atoms with Crippen LogP contribution in [0.15, 0.2) is 66.7 Å². The highest BCUT2D eigenvalue weighted by molar-refractivity contribution is 6.35. The van der Waals surface area contributed by atoms with Crippen LogP contribution in [0.25, 0.3) is 0 Å². The number of hydrogen-bond donors (Lipinski definition) is 3. The minimum atomic E-state index is -0.0827. The molecule has 0 unspecified atom stereocenters. The molecule has 144 valence electrons. The molecular weight excluding hydrogens is 372 g/mol. The fourth-order valence-corrected chi connectivity index (χ4v) is 3.22. The van der Waals surface area contributed by atoms with E-state index in [1.54, 1.807) is 12.1 Å². The zero-order valence-corrected chi connectivity index (χ0v) is 16.5. The molecule has 0 aliphatic carbocycles. The minimum Gasteiger partial charge on any atom is -0.396 e. The number of nitrogens with one attached hydrogen (secondary N) is 2. The van der Waals surface area contributed by atoms with Crippen LogP contribution in [-0.2, 0) is 0 Å². The highest BCUT2D eigenvalue weighted by Crippen LogP contribution is 2.29. The van der Waals surface area contributed by atoms with Crippen LogP contribution in [-0.4, -0.2) is 24.0 Å². The number of aliphatic hydroxyl groups is 1. The number of anilines is 3. The van der Waals surface area contributed by atoms with Gasteiger partial charge in [-0.3, -0.25) is 4.79 Å². The molecule has 3 N–H and O–H groups in total. The molecule has 0 radical (unpaired) electrons. The molecule has 0 bridgehead atoms. The molecule has 0 amide bonds. The highest BCUT2D eigenvalue weighted by Gasteiger charge is 2.15. The van der Waals surface area contributed by atoms with Crippen LogP contribution in [0.1, 0.15) is 27.9 Å². The number of benzene rings is 3. The van der Waals surface area contributed by atoms with Crippen LogP contribution in [0.3, 0.4) is 0 Å². The van der Waals surface area contributed by atoms with Crippen molar-refractivity contribution >= 4 is 34.4 Å². The fourth-order valence-electron chi connectivity index (χ4n) is 2.95. The van der Waals surface area contributed by atoms with Crippen molar-refractivity contribution in [1.29, 1.82) is 0 Å². The average Bonchev–Trinajstić information content (AvgIpc) is 2.69. The monoisotopic (exact) mass is 394 g/mol. The molecule has 3 rings (SSSR count). The molecule has 0 aliphatic rings. The number of halogens is 1. The molecule has 3 aromatic rings. The zero-order chi connectivity index (χ0) is 19.9. The molecule has 0 atom stereocenters. The van der Waals surface area contributed by atoms with Gasteiger partial charge < -0.3 is 15.7 Å². The molecule has 0 spiro atoms. The molecule has 4 nitrogen and oxygen atoms in total. The van der Waals surface area contributed by atoms with Gasteiger partial charge >= 0.3 is 0 Å². The lowest BCUT2D eigenvalue weighted by Gasteiger charge is -2.14. The number of carbonyl (C=O) groups is 1. The van der Waals surface area contributed by atoms with Crippen molar-refractivity contribution in [2.45, 2.75) is 13.3 Å². The molecule has 0 fully saturated rings. The van der Waals surface area contributed by atoms with Gasteiger partial charge in [-0.15, -0.1) is 0 Å². The third-order valence-corrected chi connectivity index (χ3v) is 4.77. The lowest BCUT2D eigenvalue weighted by molar-refractivity contribution is 0.103. The normalized spacial score (nSPS) is 10.5. The lowest BCUT2D eigenvalue weighted by atomic mass is 9.99. The van der Waals surface area contributed by atoms with Crippen molar-refractivity contribution in [1.82, 2.24) is 0 Å². The van der Waals surface area contributed by atoms with Gasteiger partial charge in [-0.1, -0.05) is 48.0 Å². The van der Waals surface area contributed by atoms with Gasteiger partial charge in [0.2, 0.25) is 0 Å². The third-order valence-electron chi connectivity index (χ3n) is 4.46. The highest BCUT2D eigenvalue weighted by atomic mass is 35.5. The maximum Gasteiger partial charge on any atom is 0.194 e. The number of hydrogen-bond acceptors (Lipinski definition) is 4. The van der Waals surface area contributed by atoms with Crippen LogP contribution in [0, 0.1) is 6.92 Å². The summed E-state index contributed by atoms with van der Waals surface area (Å²) in [5, 5.41) is 16.0. The van der Waals surface area contributed by atoms with E-state index in [-0.39, 0.29) is 12.4 Å². The number of aliphatic hydroxyl groups excluding tert-OH is 1. The van der Waals surface area contributed by atoms with E-state index >= 15 is 0 Å². The second-order valence-electron chi connectivity index (χ2n) is 6.51. The van der Waals surface area contributed by atoms with E-state index in [4.69, 9.17) is 16.7 Å². The van der Waals surface area contributed by atoms with Crippen LogP contribution in [0.4, 0.5) is 17.1 Å². The Bertz CT molecular complexity index is 972. The summed E-state index contributed by atoms with van der Waals surface area (Å²) in [4.78, 5) is 12.8. The van der Waals surface area contributed by atoms with Crippen molar-refractivity contribution in [3.8, 4) is 0 Å². The first-order valence-corrected chi connectivity index (χ1v) is 9.58. The Balaban J connectivity index is 1.80. The Kier molecular flexibility index (Phi) is 6.69. The van der Waals surface area contributed by atoms with Gasteiger partial charge in [0, 0.05) is 30.0 Å². The Morgan fingerprint density at radius 3 is 2.39 bits per heavy atom. The number of para-hydroxylation sites is 2. The molecular formula is C23H23ClN2O2. The quantitative estimate of drug-likeness (QED) is 0.353. The van der Waals surface area contributed by atoms with E-state index in [2.05, 4.69) is 10.6 Å². The van der Waals surface area contributed by atoms with Crippen molar-refractivity contribution in [3.63, 3.8) is 0 Å². The van der Waals surface area contributed by atoms with Gasteiger partial charge in [-0.25, -0.2) is 0 Å². The summed E-state index contributed by atoms with van der Waals surface area (Å²) in [5.41, 5.74) is 4.69. The maximum absolute atomic E-state index is 12.8. The number of carbonyl (C=O) groups excluding carboxylic acids is 1. The fraction of sp³-hybridized carbons (Fsp3) is 0.174. The van der Waals surface area contributed by atoms with Crippen LogP contribution >= 0.6 is 11.6 Å². The molecule has 0 heterocycles. The van der Waals surface area contributed by atoms with Crippen LogP contribution in [0.2, 0.25) is 5.02 Å². The molecule has 0 saturated carbocycles. The third kappa shape index (κ3) is 4.71. The SMILES string of the molecule is Cc1ccccc1C(=O)c1ccc(Nc2ccccc2NCCCO)cc1Cl. The number of ketones is 1. The smallest absolute Gasteiger partial charge is 0.194 e. The molecule has 28 heavy (non-hydrogen) atoms. The second kappa shape index (κ2) is 9.40. The number of rotatable bonds is 8. The topological polar surface area (TPSA) is 61.4 Å². The summed E-state index contributed by atoms with van der Waals surface area (Å²) in [6.07, 6.45) is 0.676. The summed E-state index contributed by atoms with van der Waals surface area (Å²) >= 11 is 6.43. The Labute approximate surface area is 170 Å². The van der Waals surface area contributed by atoms with E-state index in [0.29, 0.717) is 29.1 Å². The van der Waals surface area contributed by atoms with Crippen molar-refractivity contribution in [2.75, 3.05) is 23.8 Å². The summed E-state index contributed by atoms with van der Waals surface area (Å²) in [7, 11) is 0. The van der Waals surface area contributed by atoms with Gasteiger partial charge in [0.1, 0.15) is 0 Å². The Hall–Kier alpha value is -2.82. The van der Waals surface area contributed by atoms with Gasteiger partial charge in [-0.2, -0.15) is 0 Å². The van der Waals surface area contributed by atoms with Crippen LogP contribution in [0.5, 0.6) is 0 Å². The van der Waals surface area contributed by atoms with Crippen molar-refractivity contribution < 1.29 is 9.90 Å². The van der Waals surface area contributed by atoms with Gasteiger partial charge in [0.05, 0.1) is 16.4 Å². The van der Waals surface area contributed by atoms with Gasteiger partial charge in [-0.05, 0) is 49.2 Å². The van der Waals surface area contributed by atoms with E-state index < -0.39 is 0 Å². The first-order valence-electron chi connectivity index (χ1n) is 9.21. The first kappa shape index (κ1) is 19.9. The Morgan fingerprint density at radius 2 is 1.68 bits per heavy atom. The summed E-state index contributed by atoms with van der Waals surface area (Å²) in [6, 6.07) is 20.7. The largest absolute Gasteiger partial charge is 0.396 e. The predicted octanol–water partition coefficient (Wildman–Crippen LogP) is 5.42. The Morgan fingerprint density at radius 1 is 0.964 bits per heavy atom. The predicted molar refractivity (Wildman–Crippen MR) is 116 cm³/mol. The second-order valence-corrected chi connectivity index (χ2v) is 6.92. The molecule has 0 aromatic heterocycles. The van der Waals surface area contributed by atoms with Crippen molar-refractivity contribution in [3.05, 3.63) is 88.4 Å². The lowest BCUT2D eigenvalue weighted by Crippen LogP contribution is -2.06. The van der Waals surface area contributed by atoms with E-state index in [1.165, 1.54) is 0 Å². The minimum absolute atomic E-state index is 0.0827. The molecule has 3 aromatic carbocycles.